The summed E-state index contributed by atoms with van der Waals surface area (Å²) in [7, 11) is 1.74. The third kappa shape index (κ3) is 3.60. The quantitative estimate of drug-likeness (QED) is 0.743. The summed E-state index contributed by atoms with van der Waals surface area (Å²) in [5, 5.41) is 0.624. The van der Waals surface area contributed by atoms with Crippen molar-refractivity contribution in [2.24, 2.45) is 18.2 Å². The zero-order valence-electron chi connectivity index (χ0n) is 17.5. The predicted octanol–water partition coefficient (Wildman–Crippen LogP) is 2.81. The van der Waals surface area contributed by atoms with Crippen LogP contribution >= 0.6 is 23.4 Å². The van der Waals surface area contributed by atoms with Crippen molar-refractivity contribution >= 4 is 35.1 Å². The van der Waals surface area contributed by atoms with Crippen LogP contribution in [0.5, 0.6) is 0 Å². The molecular weight excluding hydrogens is 422 g/mol. The molecule has 2 aliphatic rings. The highest BCUT2D eigenvalue weighted by Gasteiger charge is 2.47. The molecule has 0 aliphatic carbocycles. The van der Waals surface area contributed by atoms with E-state index < -0.39 is 0 Å². The van der Waals surface area contributed by atoms with Gasteiger partial charge in [-0.2, -0.15) is 4.98 Å². The van der Waals surface area contributed by atoms with Gasteiger partial charge in [-0.15, -0.1) is 0 Å². The minimum absolute atomic E-state index is 0.0119. The summed E-state index contributed by atoms with van der Waals surface area (Å²) in [6, 6.07) is 5.76. The molecular formula is C21H28ClN5O2S. The Hall–Kier alpha value is -1.74. The van der Waals surface area contributed by atoms with Crippen LogP contribution in [-0.4, -0.2) is 41.4 Å². The fourth-order valence-electron chi connectivity index (χ4n) is 4.40. The summed E-state index contributed by atoms with van der Waals surface area (Å²) in [6.07, 6.45) is 1.90. The number of piperidine rings is 1. The highest BCUT2D eigenvalue weighted by Crippen LogP contribution is 2.42. The zero-order chi connectivity index (χ0) is 21.6. The fourth-order valence-corrected chi connectivity index (χ4v) is 5.63. The van der Waals surface area contributed by atoms with Crippen LogP contribution in [0.2, 0.25) is 5.02 Å². The molecule has 30 heavy (non-hydrogen) atoms. The van der Waals surface area contributed by atoms with Gasteiger partial charge in [-0.1, -0.05) is 35.5 Å². The van der Waals surface area contributed by atoms with Gasteiger partial charge < -0.3 is 21.1 Å². The molecule has 2 atom stereocenters. The number of rotatable bonds is 3. The number of aromatic nitrogens is 2. The monoisotopic (exact) mass is 449 g/mol. The summed E-state index contributed by atoms with van der Waals surface area (Å²) in [5.41, 5.74) is 13.4. The first-order chi connectivity index (χ1) is 14.2. The van der Waals surface area contributed by atoms with Gasteiger partial charge in [-0.3, -0.25) is 9.36 Å². The Bertz CT molecular complexity index is 1020. The zero-order valence-corrected chi connectivity index (χ0v) is 19.1. The van der Waals surface area contributed by atoms with Crippen molar-refractivity contribution in [3.05, 3.63) is 39.1 Å². The third-order valence-corrected chi connectivity index (χ3v) is 8.27. The highest BCUT2D eigenvalue weighted by atomic mass is 35.5. The van der Waals surface area contributed by atoms with Crippen molar-refractivity contribution in [2.75, 3.05) is 30.3 Å². The molecule has 0 saturated carbocycles. The lowest BCUT2D eigenvalue weighted by Crippen LogP contribution is -2.51. The Morgan fingerprint density at radius 1 is 1.33 bits per heavy atom. The van der Waals surface area contributed by atoms with E-state index >= 15 is 0 Å². The van der Waals surface area contributed by atoms with Gasteiger partial charge in [0.2, 0.25) is 5.95 Å². The fraction of sp³-hybridized carbons (Fsp3) is 0.524. The third-order valence-electron chi connectivity index (χ3n) is 6.51. The molecule has 2 aliphatic heterocycles. The van der Waals surface area contributed by atoms with Crippen LogP contribution in [0.1, 0.15) is 25.3 Å². The molecule has 0 amide bonds. The lowest BCUT2D eigenvalue weighted by molar-refractivity contribution is 0.0973. The number of aryl methyl sites for hydroxylation is 1. The number of anilines is 2. The van der Waals surface area contributed by atoms with Crippen LogP contribution in [0, 0.1) is 12.3 Å². The van der Waals surface area contributed by atoms with Gasteiger partial charge in [0, 0.05) is 36.5 Å². The van der Waals surface area contributed by atoms with Crippen LogP contribution in [0.25, 0.3) is 0 Å². The number of hydrogen-bond donors (Lipinski definition) is 2. The molecule has 1 aromatic carbocycles. The lowest BCUT2D eigenvalue weighted by Gasteiger charge is -2.41. The molecule has 7 nitrogen and oxygen atoms in total. The lowest BCUT2D eigenvalue weighted by atomic mass is 9.73. The van der Waals surface area contributed by atoms with Gasteiger partial charge in [0.1, 0.15) is 10.7 Å². The molecule has 162 valence electrons. The van der Waals surface area contributed by atoms with Gasteiger partial charge >= 0.3 is 0 Å². The van der Waals surface area contributed by atoms with E-state index in [9.17, 15) is 4.79 Å². The van der Waals surface area contributed by atoms with Crippen LogP contribution in [0.4, 0.5) is 11.8 Å². The van der Waals surface area contributed by atoms with E-state index in [2.05, 4.69) is 9.88 Å². The summed E-state index contributed by atoms with van der Waals surface area (Å²) in [6.45, 7) is 6.19. The normalized spacial score (nSPS) is 23.3. The molecule has 2 saturated heterocycles. The number of hydrogen-bond acceptors (Lipinski definition) is 7. The maximum atomic E-state index is 13.1. The second-order valence-electron chi connectivity index (χ2n) is 8.37. The summed E-state index contributed by atoms with van der Waals surface area (Å²) < 4.78 is 7.38. The highest BCUT2D eigenvalue weighted by molar-refractivity contribution is 7.99. The van der Waals surface area contributed by atoms with Gasteiger partial charge in [0.05, 0.1) is 17.7 Å². The van der Waals surface area contributed by atoms with Gasteiger partial charge in [-0.25, -0.2) is 0 Å². The first kappa shape index (κ1) is 21.5. The average molecular weight is 450 g/mol. The van der Waals surface area contributed by atoms with Gasteiger partial charge in [0.25, 0.3) is 5.56 Å². The van der Waals surface area contributed by atoms with Crippen molar-refractivity contribution in [3.8, 4) is 0 Å². The van der Waals surface area contributed by atoms with E-state index in [0.717, 1.165) is 36.4 Å². The Balaban J connectivity index is 1.58. The summed E-state index contributed by atoms with van der Waals surface area (Å²) >= 11 is 7.66. The molecule has 0 unspecified atom stereocenters. The summed E-state index contributed by atoms with van der Waals surface area (Å²) in [5.74, 6) is 0.818. The molecule has 2 aromatic rings. The molecule has 1 spiro atoms. The number of nitrogen functional groups attached to an aromatic ring is 1. The Morgan fingerprint density at radius 2 is 2.03 bits per heavy atom. The maximum absolute atomic E-state index is 13.1. The Morgan fingerprint density at radius 3 is 2.67 bits per heavy atom. The summed E-state index contributed by atoms with van der Waals surface area (Å²) in [4.78, 5) is 21.0. The SMILES string of the molecule is Cc1cccc(Sc2c(N)nc(N3CCC4(CC3)CO[C@@H](C)[C@H]4N)n(C)c2=O)c1Cl. The minimum atomic E-state index is -0.171. The van der Waals surface area contributed by atoms with E-state index in [0.29, 0.717) is 22.5 Å². The number of halogens is 1. The minimum Gasteiger partial charge on any atom is -0.382 e. The maximum Gasteiger partial charge on any atom is 0.270 e. The molecule has 4 rings (SSSR count). The van der Waals surface area contributed by atoms with Crippen molar-refractivity contribution in [1.29, 1.82) is 0 Å². The molecule has 2 fully saturated rings. The van der Waals surface area contributed by atoms with E-state index in [1.807, 2.05) is 32.0 Å². The van der Waals surface area contributed by atoms with E-state index in [1.54, 1.807) is 11.6 Å². The van der Waals surface area contributed by atoms with Gasteiger partial charge in [0.15, 0.2) is 0 Å². The number of benzene rings is 1. The largest absolute Gasteiger partial charge is 0.382 e. The molecule has 1 aromatic heterocycles. The second-order valence-corrected chi connectivity index (χ2v) is 9.80. The number of nitrogens with zero attached hydrogens (tertiary/aromatic N) is 3. The molecule has 9 heteroatoms. The molecule has 3 heterocycles. The molecule has 0 radical (unpaired) electrons. The number of nitrogens with two attached hydrogens (primary N) is 2. The average Bonchev–Trinajstić information content (AvgIpc) is 3.00. The standard InChI is InChI=1S/C21H28ClN5O2S/c1-12-5-4-6-14(15(12)22)30-16-18(24)25-20(26(3)19(16)28)27-9-7-21(8-10-27)11-29-13(2)17(21)23/h4-6,13,17H,7-11,23-24H2,1-3H3/t13-,17+/m0/s1. The van der Waals surface area contributed by atoms with E-state index in [-0.39, 0.29) is 28.9 Å². The van der Waals surface area contributed by atoms with Crippen LogP contribution in [-0.2, 0) is 11.8 Å². The first-order valence-corrected chi connectivity index (χ1v) is 11.3. The Labute approximate surface area is 185 Å². The topological polar surface area (TPSA) is 99.4 Å². The first-order valence-electron chi connectivity index (χ1n) is 10.1. The van der Waals surface area contributed by atoms with Crippen molar-refractivity contribution in [1.82, 2.24) is 9.55 Å². The van der Waals surface area contributed by atoms with Crippen molar-refractivity contribution in [3.63, 3.8) is 0 Å². The Kier molecular flexibility index (Phi) is 5.78. The predicted molar refractivity (Wildman–Crippen MR) is 121 cm³/mol. The van der Waals surface area contributed by atoms with Crippen molar-refractivity contribution in [2.45, 2.75) is 48.6 Å². The van der Waals surface area contributed by atoms with E-state index in [4.69, 9.17) is 27.8 Å². The van der Waals surface area contributed by atoms with Crippen LogP contribution in [0.15, 0.2) is 32.8 Å². The second kappa shape index (κ2) is 8.07. The number of ether oxygens (including phenoxy) is 1. The van der Waals surface area contributed by atoms with Crippen LogP contribution in [0.3, 0.4) is 0 Å². The van der Waals surface area contributed by atoms with Crippen LogP contribution < -0.4 is 21.9 Å². The smallest absolute Gasteiger partial charge is 0.270 e. The van der Waals surface area contributed by atoms with E-state index in [1.165, 1.54) is 11.8 Å². The van der Waals surface area contributed by atoms with Crippen molar-refractivity contribution < 1.29 is 4.74 Å². The van der Waals surface area contributed by atoms with Gasteiger partial charge in [-0.05, 0) is 38.3 Å². The molecule has 0 bridgehead atoms. The molecule has 4 N–H and O–H groups in total.